The molecule has 1 aliphatic carbocycles. The molecule has 186 valence electrons. The molecule has 1 saturated heterocycles. The molecule has 2 N–H and O–H groups in total. The fourth-order valence-electron chi connectivity index (χ4n) is 4.82. The van der Waals surface area contributed by atoms with Gasteiger partial charge in [-0.3, -0.25) is 4.79 Å². The molecule has 0 spiro atoms. The van der Waals surface area contributed by atoms with Crippen molar-refractivity contribution in [1.29, 1.82) is 0 Å². The average Bonchev–Trinajstić information content (AvgIpc) is 3.33. The molecular formula is C25H28ClN3O4S2. The molecule has 1 saturated carbocycles. The molecule has 3 atom stereocenters. The highest BCUT2D eigenvalue weighted by Gasteiger charge is 2.63. The Balaban J connectivity index is 1.27. The summed E-state index contributed by atoms with van der Waals surface area (Å²) < 4.78 is 29.1. The first-order valence-corrected chi connectivity index (χ1v) is 14.4. The zero-order valence-corrected chi connectivity index (χ0v) is 21.7. The Morgan fingerprint density at radius 3 is 2.31 bits per heavy atom. The first-order chi connectivity index (χ1) is 16.7. The van der Waals surface area contributed by atoms with Crippen LogP contribution in [0.5, 0.6) is 0 Å². The molecule has 2 aliphatic heterocycles. The molecule has 10 heteroatoms. The zero-order chi connectivity index (χ0) is 24.8. The van der Waals surface area contributed by atoms with Gasteiger partial charge in [0.05, 0.1) is 0 Å². The van der Waals surface area contributed by atoms with Crippen molar-refractivity contribution in [1.82, 2.24) is 9.62 Å². The third-order valence-electron chi connectivity index (χ3n) is 7.09. The van der Waals surface area contributed by atoms with Crippen LogP contribution in [0.2, 0.25) is 5.02 Å². The van der Waals surface area contributed by atoms with Crippen molar-refractivity contribution in [2.75, 3.05) is 38.1 Å². The maximum absolute atomic E-state index is 13.2. The lowest BCUT2D eigenvalue weighted by atomic mass is 10.1. The second-order valence-corrected chi connectivity index (χ2v) is 13.0. The molecule has 0 radical (unpaired) electrons. The molecular weight excluding hydrogens is 506 g/mol. The number of sulfonamides is 1. The van der Waals surface area contributed by atoms with E-state index >= 15 is 0 Å². The van der Waals surface area contributed by atoms with Crippen molar-refractivity contribution >= 4 is 45.0 Å². The van der Waals surface area contributed by atoms with Gasteiger partial charge in [-0.25, -0.2) is 8.42 Å². The van der Waals surface area contributed by atoms with Crippen LogP contribution < -0.4 is 9.62 Å². The smallest absolute Gasteiger partial charge is 0.325 e. The van der Waals surface area contributed by atoms with Gasteiger partial charge < -0.3 is 14.9 Å². The van der Waals surface area contributed by atoms with Crippen LogP contribution in [0.1, 0.15) is 35.1 Å². The van der Waals surface area contributed by atoms with Crippen LogP contribution in [-0.4, -0.2) is 63.2 Å². The summed E-state index contributed by atoms with van der Waals surface area (Å²) in [6, 6.07) is 15.2. The van der Waals surface area contributed by atoms with Gasteiger partial charge in [0.25, 0.3) is 0 Å². The summed E-state index contributed by atoms with van der Waals surface area (Å²) in [5.41, 5.74) is 1.40. The second kappa shape index (κ2) is 9.44. The van der Waals surface area contributed by atoms with Crippen LogP contribution >= 0.6 is 23.4 Å². The van der Waals surface area contributed by atoms with E-state index in [1.165, 1.54) is 11.8 Å². The fraction of sp³-hybridized carbons (Fsp3) is 0.400. The summed E-state index contributed by atoms with van der Waals surface area (Å²) in [5.74, 6) is -1.55. The van der Waals surface area contributed by atoms with Gasteiger partial charge in [0.15, 0.2) is 0 Å². The third kappa shape index (κ3) is 4.97. The number of piperazine rings is 1. The predicted molar refractivity (Wildman–Crippen MR) is 140 cm³/mol. The third-order valence-corrected chi connectivity index (χ3v) is 10.8. The van der Waals surface area contributed by atoms with E-state index in [1.54, 1.807) is 18.2 Å². The average molecular weight is 534 g/mol. The summed E-state index contributed by atoms with van der Waals surface area (Å²) in [7, 11) is -1.86. The SMILES string of the molecule is CN1CCN(c2ccc(C3CC3(NS(=O)(=O)C3=CCC(c4ccc(Cl)cc4)S3)C(=O)O)cc2)CC1. The number of benzene rings is 2. The number of hydrogen-bond acceptors (Lipinski definition) is 6. The quantitative estimate of drug-likeness (QED) is 0.555. The van der Waals surface area contributed by atoms with Gasteiger partial charge in [-0.05, 0) is 55.3 Å². The Morgan fingerprint density at radius 2 is 1.69 bits per heavy atom. The normalized spacial score (nSPS) is 27.0. The number of halogens is 1. The van der Waals surface area contributed by atoms with E-state index in [4.69, 9.17) is 11.6 Å². The van der Waals surface area contributed by atoms with Crippen molar-refractivity contribution < 1.29 is 18.3 Å². The van der Waals surface area contributed by atoms with Crippen molar-refractivity contribution in [3.63, 3.8) is 0 Å². The number of nitrogens with zero attached hydrogens (tertiary/aromatic N) is 2. The van der Waals surface area contributed by atoms with E-state index in [0.717, 1.165) is 43.0 Å². The van der Waals surface area contributed by atoms with Gasteiger partial charge in [-0.15, -0.1) is 11.8 Å². The Kier molecular flexibility index (Phi) is 6.65. The number of rotatable bonds is 7. The molecule has 3 aliphatic rings. The number of likely N-dealkylation sites (N-methyl/N-ethyl adjacent to an activating group) is 1. The largest absolute Gasteiger partial charge is 0.480 e. The molecule has 0 aromatic heterocycles. The molecule has 5 rings (SSSR count). The number of carboxylic acid groups (broad SMARTS) is 1. The van der Waals surface area contributed by atoms with E-state index in [9.17, 15) is 18.3 Å². The van der Waals surface area contributed by atoms with Crippen molar-refractivity contribution in [3.8, 4) is 0 Å². The Morgan fingerprint density at radius 1 is 1.06 bits per heavy atom. The summed E-state index contributed by atoms with van der Waals surface area (Å²) >= 11 is 7.20. The number of hydrogen-bond donors (Lipinski definition) is 2. The maximum atomic E-state index is 13.2. The highest BCUT2D eigenvalue weighted by Crippen LogP contribution is 2.54. The van der Waals surface area contributed by atoms with Gasteiger partial charge in [0, 0.05) is 48.1 Å². The lowest BCUT2D eigenvalue weighted by Gasteiger charge is -2.34. The van der Waals surface area contributed by atoms with Crippen molar-refractivity contribution in [2.24, 2.45) is 0 Å². The number of carbonyl (C=O) groups is 1. The summed E-state index contributed by atoms with van der Waals surface area (Å²) in [6.45, 7) is 3.89. The number of allylic oxidation sites excluding steroid dienone is 1. The van der Waals surface area contributed by atoms with Gasteiger partial charge in [-0.1, -0.05) is 41.9 Å². The number of thioether (sulfide) groups is 1. The topological polar surface area (TPSA) is 90.0 Å². The van der Waals surface area contributed by atoms with E-state index in [2.05, 4.69) is 21.6 Å². The minimum absolute atomic E-state index is 0.0447. The van der Waals surface area contributed by atoms with Gasteiger partial charge in [-0.2, -0.15) is 4.72 Å². The maximum Gasteiger partial charge on any atom is 0.325 e. The highest BCUT2D eigenvalue weighted by molar-refractivity contribution is 8.18. The molecule has 35 heavy (non-hydrogen) atoms. The van der Waals surface area contributed by atoms with Gasteiger partial charge >= 0.3 is 5.97 Å². The first-order valence-electron chi connectivity index (χ1n) is 11.6. The molecule has 2 aromatic carbocycles. The Bertz CT molecular complexity index is 1240. The molecule has 2 heterocycles. The molecule has 3 unspecified atom stereocenters. The Labute approximate surface area is 215 Å². The van der Waals surface area contributed by atoms with E-state index in [1.807, 2.05) is 36.4 Å². The zero-order valence-electron chi connectivity index (χ0n) is 19.4. The van der Waals surface area contributed by atoms with Crippen molar-refractivity contribution in [2.45, 2.75) is 29.5 Å². The van der Waals surface area contributed by atoms with Crippen LogP contribution in [0.4, 0.5) is 5.69 Å². The summed E-state index contributed by atoms with van der Waals surface area (Å²) in [5, 5.41) is 10.6. The first kappa shape index (κ1) is 24.6. The standard InChI is InChI=1S/C25H28ClN3O4S2/c1-28-12-14-29(15-13-28)20-8-4-17(5-9-20)21-16-25(21,24(30)31)27-35(32,33)23-11-10-22(34-23)18-2-6-19(26)7-3-18/h2-9,11,21-22,27H,10,12-16H2,1H3,(H,30,31). The molecule has 2 fully saturated rings. The van der Waals surface area contributed by atoms with Crippen LogP contribution in [-0.2, 0) is 14.8 Å². The monoisotopic (exact) mass is 533 g/mol. The molecule has 7 nitrogen and oxygen atoms in total. The number of aliphatic carboxylic acids is 1. The van der Waals surface area contributed by atoms with Crippen LogP contribution in [0.3, 0.4) is 0 Å². The number of carboxylic acids is 1. The number of nitrogens with one attached hydrogen (secondary N) is 1. The lowest BCUT2D eigenvalue weighted by molar-refractivity contribution is -0.140. The van der Waals surface area contributed by atoms with Crippen LogP contribution in [0, 0.1) is 0 Å². The number of anilines is 1. The second-order valence-electron chi connectivity index (χ2n) is 9.44. The molecule has 2 aromatic rings. The van der Waals surface area contributed by atoms with Gasteiger partial charge in [0.1, 0.15) is 9.78 Å². The summed E-state index contributed by atoms with van der Waals surface area (Å²) in [4.78, 5) is 16.8. The van der Waals surface area contributed by atoms with E-state index in [0.29, 0.717) is 11.4 Å². The molecule has 0 amide bonds. The van der Waals surface area contributed by atoms with E-state index < -0.39 is 27.4 Å². The van der Waals surface area contributed by atoms with Gasteiger partial charge in [0.2, 0.25) is 10.0 Å². The highest BCUT2D eigenvalue weighted by atomic mass is 35.5. The van der Waals surface area contributed by atoms with Crippen molar-refractivity contribution in [3.05, 3.63) is 75.0 Å². The molecule has 0 bridgehead atoms. The summed E-state index contributed by atoms with van der Waals surface area (Å²) in [6.07, 6.45) is 2.46. The lowest BCUT2D eigenvalue weighted by Crippen LogP contribution is -2.44. The minimum atomic E-state index is -3.97. The van der Waals surface area contributed by atoms with Crippen LogP contribution in [0.25, 0.3) is 0 Å². The van der Waals surface area contributed by atoms with Crippen LogP contribution in [0.15, 0.2) is 58.8 Å². The minimum Gasteiger partial charge on any atom is -0.480 e. The fourth-order valence-corrected chi connectivity index (χ4v) is 8.10. The Hall–Kier alpha value is -2.04. The predicted octanol–water partition coefficient (Wildman–Crippen LogP) is 4.04. The van der Waals surface area contributed by atoms with E-state index in [-0.39, 0.29) is 15.9 Å².